The molecule has 15 heavy (non-hydrogen) atoms. The average Bonchev–Trinajstić information content (AvgIpc) is 2.32. The van der Waals surface area contributed by atoms with Gasteiger partial charge in [0.25, 0.3) is 0 Å². The molecule has 0 N–H and O–H groups in total. The molecule has 4 aliphatic rings. The summed E-state index contributed by atoms with van der Waals surface area (Å²) in [5.41, 5.74) is 0. The van der Waals surface area contributed by atoms with E-state index in [1.807, 2.05) is 0 Å². The first kappa shape index (κ1) is 10.1. The molecule has 0 radical (unpaired) electrons. The Morgan fingerprint density at radius 3 is 2.07 bits per heavy atom. The first-order valence-corrected chi connectivity index (χ1v) is 6.94. The van der Waals surface area contributed by atoms with E-state index >= 15 is 0 Å². The number of rotatable bonds is 2. The van der Waals surface area contributed by atoms with E-state index in [9.17, 15) is 0 Å². The summed E-state index contributed by atoms with van der Waals surface area (Å²) >= 11 is 0. The second-order valence-electron chi connectivity index (χ2n) is 6.04. The lowest BCUT2D eigenvalue weighted by atomic mass is 9.87. The molecule has 0 aromatic heterocycles. The summed E-state index contributed by atoms with van der Waals surface area (Å²) in [5.74, 6) is 1.07. The average molecular weight is 209 g/mol. The molecule has 1 saturated carbocycles. The highest BCUT2D eigenvalue weighted by Gasteiger charge is 2.39. The van der Waals surface area contributed by atoms with Crippen LogP contribution < -0.4 is 0 Å². The number of fused-ring (bicyclic) bond motifs is 3. The topological polar surface area (TPSA) is 3.24 Å². The molecule has 4 rings (SSSR count). The van der Waals surface area contributed by atoms with E-state index in [-0.39, 0.29) is 0 Å². The van der Waals surface area contributed by atoms with Crippen molar-refractivity contribution in [1.29, 1.82) is 0 Å². The first-order valence-electron chi connectivity index (χ1n) is 6.94. The summed E-state index contributed by atoms with van der Waals surface area (Å²) in [6.07, 6.45) is 7.59. The Labute approximate surface area is 93.8 Å². The summed E-state index contributed by atoms with van der Waals surface area (Å²) < 4.78 is 1.49. The molecule has 0 spiro atoms. The normalized spacial score (nSPS) is 42.0. The van der Waals surface area contributed by atoms with Crippen molar-refractivity contribution < 1.29 is 4.48 Å². The Morgan fingerprint density at radius 2 is 1.47 bits per heavy atom. The van der Waals surface area contributed by atoms with Gasteiger partial charge in [0.2, 0.25) is 0 Å². The fourth-order valence-corrected chi connectivity index (χ4v) is 3.92. The second-order valence-corrected chi connectivity index (χ2v) is 6.04. The number of quaternary nitrogens is 1. The van der Waals surface area contributed by atoms with Gasteiger partial charge in [-0.2, -0.15) is 0 Å². The molecule has 2 heteroatoms. The maximum Gasteiger partial charge on any atom is 0.0916 e. The molecule has 3 saturated heterocycles. The Kier molecular flexibility index (Phi) is 2.73. The molecular formula is C13H25N2+. The summed E-state index contributed by atoms with van der Waals surface area (Å²) in [6, 6.07) is 0. The first-order chi connectivity index (χ1) is 7.36. The Bertz CT molecular complexity index is 199. The van der Waals surface area contributed by atoms with Gasteiger partial charge in [-0.25, -0.2) is 0 Å². The van der Waals surface area contributed by atoms with E-state index in [4.69, 9.17) is 0 Å². The quantitative estimate of drug-likeness (QED) is 0.626. The number of nitrogens with zero attached hydrogens (tertiary/aromatic N) is 2. The van der Waals surface area contributed by atoms with Crippen molar-refractivity contribution in [2.75, 3.05) is 45.8 Å². The van der Waals surface area contributed by atoms with Crippen LogP contribution >= 0.6 is 0 Å². The lowest BCUT2D eigenvalue weighted by Crippen LogP contribution is -2.68. The molecule has 2 bridgehead atoms. The van der Waals surface area contributed by atoms with Gasteiger partial charge >= 0.3 is 0 Å². The van der Waals surface area contributed by atoms with Gasteiger partial charge in [-0.3, -0.25) is 4.90 Å². The minimum atomic E-state index is 1.07. The molecule has 0 amide bonds. The minimum Gasteiger partial charge on any atom is -0.320 e. The van der Waals surface area contributed by atoms with Crippen LogP contribution in [-0.2, 0) is 0 Å². The summed E-state index contributed by atoms with van der Waals surface area (Å²) in [4.78, 5) is 2.65. The lowest BCUT2D eigenvalue weighted by Gasteiger charge is -2.52. The van der Waals surface area contributed by atoms with Gasteiger partial charge in [-0.15, -0.1) is 0 Å². The highest BCUT2D eigenvalue weighted by molar-refractivity contribution is 4.74. The smallest absolute Gasteiger partial charge is 0.0916 e. The summed E-state index contributed by atoms with van der Waals surface area (Å²) in [5, 5.41) is 0. The van der Waals surface area contributed by atoms with E-state index in [2.05, 4.69) is 4.90 Å². The van der Waals surface area contributed by atoms with Gasteiger partial charge in [0.1, 0.15) is 0 Å². The zero-order chi connectivity index (χ0) is 10.1. The number of hydrogen-bond donors (Lipinski definition) is 0. The van der Waals surface area contributed by atoms with Gasteiger partial charge in [0.05, 0.1) is 26.2 Å². The predicted octanol–water partition coefficient (Wildman–Crippen LogP) is 1.71. The van der Waals surface area contributed by atoms with Crippen molar-refractivity contribution in [3.8, 4) is 0 Å². The fourth-order valence-electron chi connectivity index (χ4n) is 3.92. The van der Waals surface area contributed by atoms with Crippen molar-refractivity contribution in [2.45, 2.75) is 32.1 Å². The second kappa shape index (κ2) is 4.06. The van der Waals surface area contributed by atoms with Crippen molar-refractivity contribution in [1.82, 2.24) is 4.90 Å². The molecule has 86 valence electrons. The van der Waals surface area contributed by atoms with E-state index in [0.29, 0.717) is 0 Å². The van der Waals surface area contributed by atoms with E-state index < -0.39 is 0 Å². The maximum atomic E-state index is 2.65. The van der Waals surface area contributed by atoms with Crippen LogP contribution in [0.25, 0.3) is 0 Å². The van der Waals surface area contributed by atoms with Crippen molar-refractivity contribution in [2.24, 2.45) is 5.92 Å². The van der Waals surface area contributed by atoms with Crippen molar-refractivity contribution >= 4 is 0 Å². The molecule has 0 aromatic rings. The summed E-state index contributed by atoms with van der Waals surface area (Å²) in [6.45, 7) is 10.0. The van der Waals surface area contributed by atoms with Crippen LogP contribution in [0.2, 0.25) is 0 Å². The van der Waals surface area contributed by atoms with Gasteiger partial charge in [-0.05, 0) is 12.8 Å². The van der Waals surface area contributed by atoms with Gasteiger partial charge in [-0.1, -0.05) is 19.3 Å². The molecule has 1 aliphatic carbocycles. The third-order valence-electron chi connectivity index (χ3n) is 5.04. The molecule has 3 heterocycles. The van der Waals surface area contributed by atoms with Crippen LogP contribution in [0.3, 0.4) is 0 Å². The van der Waals surface area contributed by atoms with Crippen LogP contribution in [0.1, 0.15) is 32.1 Å². The van der Waals surface area contributed by atoms with Gasteiger partial charge in [0, 0.05) is 25.6 Å². The molecule has 3 aliphatic heterocycles. The van der Waals surface area contributed by atoms with E-state index in [1.165, 1.54) is 82.4 Å². The van der Waals surface area contributed by atoms with E-state index in [0.717, 1.165) is 5.92 Å². The molecule has 0 atom stereocenters. The van der Waals surface area contributed by atoms with Crippen LogP contribution in [0.5, 0.6) is 0 Å². The van der Waals surface area contributed by atoms with E-state index in [1.54, 1.807) is 0 Å². The zero-order valence-corrected chi connectivity index (χ0v) is 9.96. The highest BCUT2D eigenvalue weighted by atomic mass is 15.5. The lowest BCUT2D eigenvalue weighted by molar-refractivity contribution is -0.944. The Morgan fingerprint density at radius 1 is 0.867 bits per heavy atom. The maximum absolute atomic E-state index is 2.65. The van der Waals surface area contributed by atoms with Crippen LogP contribution in [0, 0.1) is 5.92 Å². The molecule has 4 fully saturated rings. The monoisotopic (exact) mass is 209 g/mol. The number of piperazine rings is 3. The zero-order valence-electron chi connectivity index (χ0n) is 9.96. The largest absolute Gasteiger partial charge is 0.320 e. The van der Waals surface area contributed by atoms with Crippen LogP contribution in [-0.4, -0.2) is 55.2 Å². The third kappa shape index (κ3) is 2.07. The van der Waals surface area contributed by atoms with Crippen molar-refractivity contribution in [3.05, 3.63) is 0 Å². The molecule has 2 nitrogen and oxygen atoms in total. The van der Waals surface area contributed by atoms with Crippen LogP contribution in [0.4, 0.5) is 0 Å². The SMILES string of the molecule is C1CCC(C[N+]23CCN(CC2)CC3)CC1. The Balaban J connectivity index is 1.60. The molecule has 0 unspecified atom stereocenters. The molecular weight excluding hydrogens is 184 g/mol. The minimum absolute atomic E-state index is 1.07. The third-order valence-corrected chi connectivity index (χ3v) is 5.04. The summed E-state index contributed by atoms with van der Waals surface area (Å²) in [7, 11) is 0. The highest BCUT2D eigenvalue weighted by Crippen LogP contribution is 2.29. The van der Waals surface area contributed by atoms with Gasteiger partial charge < -0.3 is 4.48 Å². The van der Waals surface area contributed by atoms with Gasteiger partial charge in [0.15, 0.2) is 0 Å². The standard InChI is InChI=1S/C13H25N2/c1-2-4-13(5-3-1)12-15-9-6-14(7-10-15)8-11-15/h13H,1-12H2/q+1. The van der Waals surface area contributed by atoms with Crippen molar-refractivity contribution in [3.63, 3.8) is 0 Å². The number of hydrogen-bond acceptors (Lipinski definition) is 1. The van der Waals surface area contributed by atoms with Crippen LogP contribution in [0.15, 0.2) is 0 Å². The fraction of sp³-hybridized carbons (Fsp3) is 1.00. The predicted molar refractivity (Wildman–Crippen MR) is 62.7 cm³/mol. The Hall–Kier alpha value is -0.0800. The molecule has 0 aromatic carbocycles.